The summed E-state index contributed by atoms with van der Waals surface area (Å²) in [5.41, 5.74) is 6.63. The number of aryl methyl sites for hydroxylation is 1. The van der Waals surface area contributed by atoms with Gasteiger partial charge in [-0.3, -0.25) is 4.79 Å². The lowest BCUT2D eigenvalue weighted by Gasteiger charge is -2.14. The molecule has 0 fully saturated rings. The van der Waals surface area contributed by atoms with Crippen molar-refractivity contribution in [1.82, 2.24) is 5.32 Å². The third-order valence-corrected chi connectivity index (χ3v) is 2.44. The summed E-state index contributed by atoms with van der Waals surface area (Å²) in [6.07, 6.45) is 0.290. The van der Waals surface area contributed by atoms with Gasteiger partial charge in [-0.25, -0.2) is 4.39 Å². The number of carbonyl (C=O) groups is 1. The normalized spacial score (nSPS) is 11.5. The molecule has 0 aliphatic carbocycles. The predicted octanol–water partition coefficient (Wildman–Crippen LogP) is 2.08. The minimum absolute atomic E-state index is 0. The molecule has 0 heterocycles. The van der Waals surface area contributed by atoms with Crippen molar-refractivity contribution in [3.8, 4) is 0 Å². The van der Waals surface area contributed by atoms with E-state index in [1.54, 1.807) is 13.0 Å². The molecule has 96 valence electrons. The minimum Gasteiger partial charge on any atom is -0.350 e. The standard InChI is InChI=1S/C12H17FN2O.ClH/c1-8-3-4-10(7-11(8)13)9(2)15-12(16)5-6-14;/h3-4,7,9H,5-6,14H2,1-2H3,(H,15,16);1H. The molecule has 0 bridgehead atoms. The molecule has 1 atom stereocenters. The summed E-state index contributed by atoms with van der Waals surface area (Å²) >= 11 is 0. The van der Waals surface area contributed by atoms with E-state index in [0.717, 1.165) is 5.56 Å². The van der Waals surface area contributed by atoms with Crippen molar-refractivity contribution in [2.45, 2.75) is 26.3 Å². The number of hydrogen-bond acceptors (Lipinski definition) is 2. The Balaban J connectivity index is 0.00000256. The molecule has 0 aromatic heterocycles. The Morgan fingerprint density at radius 2 is 2.18 bits per heavy atom. The van der Waals surface area contributed by atoms with Gasteiger partial charge in [0.1, 0.15) is 5.82 Å². The average molecular weight is 261 g/mol. The molecule has 0 radical (unpaired) electrons. The van der Waals surface area contributed by atoms with E-state index < -0.39 is 0 Å². The fourth-order valence-corrected chi connectivity index (χ4v) is 1.41. The highest BCUT2D eigenvalue weighted by atomic mass is 35.5. The molecule has 0 saturated carbocycles. The zero-order valence-electron chi connectivity index (χ0n) is 10.00. The molecule has 1 aromatic carbocycles. The van der Waals surface area contributed by atoms with E-state index in [0.29, 0.717) is 18.5 Å². The number of halogens is 2. The molecular weight excluding hydrogens is 243 g/mol. The van der Waals surface area contributed by atoms with Crippen molar-refractivity contribution in [3.05, 3.63) is 35.1 Å². The molecule has 0 spiro atoms. The minimum atomic E-state index is -0.252. The molecule has 0 aliphatic heterocycles. The molecule has 5 heteroatoms. The van der Waals surface area contributed by atoms with Crippen LogP contribution in [0.15, 0.2) is 18.2 Å². The topological polar surface area (TPSA) is 55.1 Å². The van der Waals surface area contributed by atoms with Crippen molar-refractivity contribution in [1.29, 1.82) is 0 Å². The summed E-state index contributed by atoms with van der Waals surface area (Å²) in [7, 11) is 0. The monoisotopic (exact) mass is 260 g/mol. The highest BCUT2D eigenvalue weighted by Crippen LogP contribution is 2.16. The Kier molecular flexibility index (Phi) is 6.76. The Hall–Kier alpha value is -1.13. The lowest BCUT2D eigenvalue weighted by Crippen LogP contribution is -2.28. The molecular formula is C12H18ClFN2O. The molecule has 1 unspecified atom stereocenters. The van der Waals surface area contributed by atoms with E-state index in [4.69, 9.17) is 5.73 Å². The Morgan fingerprint density at radius 3 is 2.71 bits per heavy atom. The number of nitrogens with two attached hydrogens (primary N) is 1. The van der Waals surface area contributed by atoms with E-state index in [1.807, 2.05) is 13.0 Å². The Morgan fingerprint density at radius 1 is 1.53 bits per heavy atom. The van der Waals surface area contributed by atoms with Crippen LogP contribution in [-0.4, -0.2) is 12.5 Å². The summed E-state index contributed by atoms with van der Waals surface area (Å²) in [5, 5.41) is 2.76. The van der Waals surface area contributed by atoms with Crippen LogP contribution in [0.1, 0.15) is 30.5 Å². The van der Waals surface area contributed by atoms with Crippen LogP contribution in [0.4, 0.5) is 4.39 Å². The number of nitrogens with one attached hydrogen (secondary N) is 1. The second-order valence-corrected chi connectivity index (χ2v) is 3.84. The quantitative estimate of drug-likeness (QED) is 0.871. The van der Waals surface area contributed by atoms with E-state index in [2.05, 4.69) is 5.32 Å². The van der Waals surface area contributed by atoms with Crippen molar-refractivity contribution >= 4 is 18.3 Å². The Bertz CT molecular complexity index is 385. The van der Waals surface area contributed by atoms with E-state index in [9.17, 15) is 9.18 Å². The first-order valence-electron chi connectivity index (χ1n) is 5.30. The van der Waals surface area contributed by atoms with Gasteiger partial charge in [-0.2, -0.15) is 0 Å². The van der Waals surface area contributed by atoms with Crippen LogP contribution in [0.2, 0.25) is 0 Å². The van der Waals surface area contributed by atoms with Crippen LogP contribution in [-0.2, 0) is 4.79 Å². The number of carbonyl (C=O) groups excluding carboxylic acids is 1. The number of hydrogen-bond donors (Lipinski definition) is 2. The maximum Gasteiger partial charge on any atom is 0.221 e. The first kappa shape index (κ1) is 15.9. The van der Waals surface area contributed by atoms with Gasteiger partial charge in [-0.1, -0.05) is 12.1 Å². The van der Waals surface area contributed by atoms with Crippen LogP contribution in [0.3, 0.4) is 0 Å². The second-order valence-electron chi connectivity index (χ2n) is 3.84. The van der Waals surface area contributed by atoms with Gasteiger partial charge in [0, 0.05) is 13.0 Å². The number of amides is 1. The fraction of sp³-hybridized carbons (Fsp3) is 0.417. The molecule has 0 aliphatic rings. The van der Waals surface area contributed by atoms with Crippen molar-refractivity contribution in [2.75, 3.05) is 6.54 Å². The first-order valence-corrected chi connectivity index (χ1v) is 5.30. The lowest BCUT2D eigenvalue weighted by atomic mass is 10.1. The van der Waals surface area contributed by atoms with Gasteiger partial charge in [-0.05, 0) is 31.0 Å². The van der Waals surface area contributed by atoms with Crippen molar-refractivity contribution < 1.29 is 9.18 Å². The smallest absolute Gasteiger partial charge is 0.221 e. The van der Waals surface area contributed by atoms with Crippen LogP contribution < -0.4 is 11.1 Å². The lowest BCUT2D eigenvalue weighted by molar-refractivity contribution is -0.121. The summed E-state index contributed by atoms with van der Waals surface area (Å²) in [5.74, 6) is -0.367. The van der Waals surface area contributed by atoms with E-state index in [-0.39, 0.29) is 30.2 Å². The summed E-state index contributed by atoms with van der Waals surface area (Å²) < 4.78 is 13.3. The molecule has 1 aromatic rings. The van der Waals surface area contributed by atoms with Gasteiger partial charge >= 0.3 is 0 Å². The van der Waals surface area contributed by atoms with Crippen LogP contribution in [0.5, 0.6) is 0 Å². The fourth-order valence-electron chi connectivity index (χ4n) is 1.41. The van der Waals surface area contributed by atoms with Crippen molar-refractivity contribution in [2.24, 2.45) is 5.73 Å². The first-order chi connectivity index (χ1) is 7.54. The largest absolute Gasteiger partial charge is 0.350 e. The van der Waals surface area contributed by atoms with Crippen LogP contribution in [0, 0.1) is 12.7 Å². The van der Waals surface area contributed by atoms with Gasteiger partial charge in [0.15, 0.2) is 0 Å². The van der Waals surface area contributed by atoms with Gasteiger partial charge in [0.25, 0.3) is 0 Å². The summed E-state index contributed by atoms with van der Waals surface area (Å²) in [6, 6.07) is 4.76. The van der Waals surface area contributed by atoms with E-state index >= 15 is 0 Å². The second kappa shape index (κ2) is 7.25. The molecule has 3 nitrogen and oxygen atoms in total. The highest BCUT2D eigenvalue weighted by Gasteiger charge is 2.10. The number of benzene rings is 1. The van der Waals surface area contributed by atoms with Crippen LogP contribution >= 0.6 is 12.4 Å². The molecule has 1 rings (SSSR count). The maximum atomic E-state index is 13.3. The molecule has 3 N–H and O–H groups in total. The van der Waals surface area contributed by atoms with E-state index in [1.165, 1.54) is 6.07 Å². The van der Waals surface area contributed by atoms with Crippen LogP contribution in [0.25, 0.3) is 0 Å². The van der Waals surface area contributed by atoms with Gasteiger partial charge < -0.3 is 11.1 Å². The zero-order valence-corrected chi connectivity index (χ0v) is 10.8. The average Bonchev–Trinajstić information content (AvgIpc) is 2.22. The molecule has 0 saturated heterocycles. The predicted molar refractivity (Wildman–Crippen MR) is 68.6 cm³/mol. The SMILES string of the molecule is Cc1ccc(C(C)NC(=O)CCN)cc1F.Cl. The Labute approximate surface area is 107 Å². The third kappa shape index (κ3) is 4.71. The van der Waals surface area contributed by atoms with Gasteiger partial charge in [-0.15, -0.1) is 12.4 Å². The summed E-state index contributed by atoms with van der Waals surface area (Å²) in [6.45, 7) is 3.84. The molecule has 17 heavy (non-hydrogen) atoms. The zero-order chi connectivity index (χ0) is 12.1. The van der Waals surface area contributed by atoms with Gasteiger partial charge in [0.05, 0.1) is 6.04 Å². The molecule has 1 amide bonds. The number of rotatable bonds is 4. The highest BCUT2D eigenvalue weighted by molar-refractivity contribution is 5.85. The van der Waals surface area contributed by atoms with Crippen molar-refractivity contribution in [3.63, 3.8) is 0 Å². The third-order valence-electron chi connectivity index (χ3n) is 2.44. The summed E-state index contributed by atoms with van der Waals surface area (Å²) in [4.78, 5) is 11.3. The van der Waals surface area contributed by atoms with Gasteiger partial charge in [0.2, 0.25) is 5.91 Å². The maximum absolute atomic E-state index is 13.3.